The standard InChI is InChI=1S/C23H19Cl2N5O3/c1-14-18(21(25)30(28-14)13-17-6-3-4-8-19(17)24)9-10-20(31)32-15(2)23-27-22(29-33-23)16-7-5-11-26-12-16/h3-12,15H,13H2,1-2H3/b10-9+. The summed E-state index contributed by atoms with van der Waals surface area (Å²) >= 11 is 12.7. The highest BCUT2D eigenvalue weighted by molar-refractivity contribution is 6.32. The van der Waals surface area contributed by atoms with Gasteiger partial charge in [0.15, 0.2) is 6.10 Å². The maximum Gasteiger partial charge on any atom is 0.331 e. The number of ether oxygens (including phenoxy) is 1. The number of benzene rings is 1. The van der Waals surface area contributed by atoms with E-state index in [0.29, 0.717) is 39.4 Å². The number of nitrogens with zero attached hydrogens (tertiary/aromatic N) is 5. The second-order valence-corrected chi connectivity index (χ2v) is 7.91. The smallest absolute Gasteiger partial charge is 0.331 e. The minimum Gasteiger partial charge on any atom is -0.449 e. The Morgan fingerprint density at radius 1 is 1.24 bits per heavy atom. The van der Waals surface area contributed by atoms with Crippen LogP contribution in [0.4, 0.5) is 0 Å². The molecule has 3 aromatic heterocycles. The van der Waals surface area contributed by atoms with E-state index in [1.54, 1.807) is 49.1 Å². The van der Waals surface area contributed by atoms with Crippen molar-refractivity contribution in [3.63, 3.8) is 0 Å². The van der Waals surface area contributed by atoms with Crippen LogP contribution in [0.15, 0.2) is 59.4 Å². The Labute approximate surface area is 199 Å². The van der Waals surface area contributed by atoms with Gasteiger partial charge in [-0.3, -0.25) is 4.98 Å². The maximum absolute atomic E-state index is 12.3. The van der Waals surface area contributed by atoms with Crippen molar-refractivity contribution in [1.82, 2.24) is 24.9 Å². The molecular formula is C23H19Cl2N5O3. The van der Waals surface area contributed by atoms with Crippen LogP contribution in [-0.4, -0.2) is 30.9 Å². The van der Waals surface area contributed by atoms with Crippen LogP contribution in [0, 0.1) is 6.92 Å². The summed E-state index contributed by atoms with van der Waals surface area (Å²) in [5.74, 6) is -0.0415. The van der Waals surface area contributed by atoms with Crippen molar-refractivity contribution < 1.29 is 14.1 Å². The number of aryl methyl sites for hydroxylation is 1. The normalized spacial score (nSPS) is 12.2. The average molecular weight is 484 g/mol. The summed E-state index contributed by atoms with van der Waals surface area (Å²) in [5, 5.41) is 9.37. The third-order valence-corrected chi connectivity index (χ3v) is 5.54. The predicted octanol–water partition coefficient (Wildman–Crippen LogP) is 5.31. The van der Waals surface area contributed by atoms with E-state index in [2.05, 4.69) is 20.2 Å². The molecule has 0 spiro atoms. The lowest BCUT2D eigenvalue weighted by molar-refractivity contribution is -0.143. The molecule has 0 saturated carbocycles. The first-order valence-corrected chi connectivity index (χ1v) is 10.8. The number of hydrogen-bond donors (Lipinski definition) is 0. The van der Waals surface area contributed by atoms with Gasteiger partial charge in [0, 0.05) is 34.6 Å². The van der Waals surface area contributed by atoms with Crippen LogP contribution in [0.25, 0.3) is 17.5 Å². The Bertz CT molecular complexity index is 1300. The van der Waals surface area contributed by atoms with Gasteiger partial charge in [0.1, 0.15) is 5.15 Å². The van der Waals surface area contributed by atoms with Crippen LogP contribution in [0.3, 0.4) is 0 Å². The van der Waals surface area contributed by atoms with E-state index < -0.39 is 12.1 Å². The molecule has 3 heterocycles. The van der Waals surface area contributed by atoms with Crippen molar-refractivity contribution in [2.45, 2.75) is 26.5 Å². The summed E-state index contributed by atoms with van der Waals surface area (Å²) < 4.78 is 12.2. The molecule has 168 valence electrons. The van der Waals surface area contributed by atoms with E-state index in [0.717, 1.165) is 5.56 Å². The van der Waals surface area contributed by atoms with Gasteiger partial charge in [0.2, 0.25) is 5.82 Å². The van der Waals surface area contributed by atoms with Gasteiger partial charge < -0.3 is 9.26 Å². The molecule has 0 fully saturated rings. The van der Waals surface area contributed by atoms with Crippen LogP contribution in [0.1, 0.15) is 35.7 Å². The van der Waals surface area contributed by atoms with Crippen molar-refractivity contribution in [3.05, 3.63) is 87.8 Å². The molecule has 10 heteroatoms. The number of aromatic nitrogens is 5. The minimum atomic E-state index is -0.736. The highest BCUT2D eigenvalue weighted by atomic mass is 35.5. The Hall–Kier alpha value is -3.49. The molecule has 0 amide bonds. The number of carbonyl (C=O) groups is 1. The average Bonchev–Trinajstić information content (AvgIpc) is 3.40. The highest BCUT2D eigenvalue weighted by Crippen LogP contribution is 2.25. The number of carbonyl (C=O) groups excluding carboxylic acids is 1. The van der Waals surface area contributed by atoms with Gasteiger partial charge >= 0.3 is 5.97 Å². The Morgan fingerprint density at radius 2 is 2.06 bits per heavy atom. The molecule has 0 aliphatic rings. The lowest BCUT2D eigenvalue weighted by Crippen LogP contribution is -2.06. The molecule has 4 rings (SSSR count). The van der Waals surface area contributed by atoms with E-state index in [1.807, 2.05) is 24.3 Å². The largest absolute Gasteiger partial charge is 0.449 e. The first-order valence-electron chi connectivity index (χ1n) is 10.0. The van der Waals surface area contributed by atoms with Crippen LogP contribution >= 0.6 is 23.2 Å². The van der Waals surface area contributed by atoms with Crippen molar-refractivity contribution in [3.8, 4) is 11.4 Å². The molecule has 0 saturated heterocycles. The number of pyridine rings is 1. The molecule has 1 unspecified atom stereocenters. The molecule has 0 aliphatic carbocycles. The molecule has 4 aromatic rings. The third-order valence-electron chi connectivity index (χ3n) is 4.78. The molecule has 33 heavy (non-hydrogen) atoms. The first kappa shape index (κ1) is 22.7. The molecule has 0 N–H and O–H groups in total. The van der Waals surface area contributed by atoms with Crippen molar-refractivity contribution in [1.29, 1.82) is 0 Å². The fourth-order valence-corrected chi connectivity index (χ4v) is 3.57. The van der Waals surface area contributed by atoms with E-state index in [1.165, 1.54) is 6.08 Å². The minimum absolute atomic E-state index is 0.178. The summed E-state index contributed by atoms with van der Waals surface area (Å²) in [7, 11) is 0. The third kappa shape index (κ3) is 5.30. The van der Waals surface area contributed by atoms with Gasteiger partial charge in [0.25, 0.3) is 5.89 Å². The number of halogens is 2. The monoisotopic (exact) mass is 483 g/mol. The van der Waals surface area contributed by atoms with E-state index in [-0.39, 0.29) is 5.89 Å². The van der Waals surface area contributed by atoms with E-state index in [9.17, 15) is 4.79 Å². The molecule has 8 nitrogen and oxygen atoms in total. The van der Waals surface area contributed by atoms with Crippen LogP contribution < -0.4 is 0 Å². The molecule has 0 bridgehead atoms. The number of esters is 1. The fraction of sp³-hybridized carbons (Fsp3) is 0.174. The van der Waals surface area contributed by atoms with E-state index >= 15 is 0 Å². The Balaban J connectivity index is 1.42. The molecule has 0 aliphatic heterocycles. The van der Waals surface area contributed by atoms with Gasteiger partial charge in [0.05, 0.1) is 12.2 Å². The van der Waals surface area contributed by atoms with Gasteiger partial charge in [-0.25, -0.2) is 9.48 Å². The molecular weight excluding hydrogens is 465 g/mol. The van der Waals surface area contributed by atoms with Gasteiger partial charge in [-0.15, -0.1) is 0 Å². The zero-order valence-electron chi connectivity index (χ0n) is 17.8. The van der Waals surface area contributed by atoms with Crippen molar-refractivity contribution in [2.75, 3.05) is 0 Å². The molecule has 1 atom stereocenters. The lowest BCUT2D eigenvalue weighted by Gasteiger charge is -2.06. The van der Waals surface area contributed by atoms with Crippen molar-refractivity contribution in [2.24, 2.45) is 0 Å². The number of hydrogen-bond acceptors (Lipinski definition) is 7. The SMILES string of the molecule is Cc1nn(Cc2ccccc2Cl)c(Cl)c1/C=C/C(=O)OC(C)c1nc(-c2cccnc2)no1. The van der Waals surface area contributed by atoms with Gasteiger partial charge in [-0.2, -0.15) is 10.1 Å². The fourth-order valence-electron chi connectivity index (χ4n) is 3.08. The summed E-state index contributed by atoms with van der Waals surface area (Å²) in [5.41, 5.74) is 2.87. The number of rotatable bonds is 7. The first-order chi connectivity index (χ1) is 15.9. The summed E-state index contributed by atoms with van der Waals surface area (Å²) in [6.07, 6.45) is 5.38. The second-order valence-electron chi connectivity index (χ2n) is 7.15. The topological polar surface area (TPSA) is 95.9 Å². The highest BCUT2D eigenvalue weighted by Gasteiger charge is 2.19. The maximum atomic E-state index is 12.3. The van der Waals surface area contributed by atoms with Crippen LogP contribution in [-0.2, 0) is 16.1 Å². The lowest BCUT2D eigenvalue weighted by atomic mass is 10.2. The van der Waals surface area contributed by atoms with Crippen LogP contribution in [0.5, 0.6) is 0 Å². The quantitative estimate of drug-likeness (QED) is 0.259. The zero-order valence-corrected chi connectivity index (χ0v) is 19.3. The predicted molar refractivity (Wildman–Crippen MR) is 124 cm³/mol. The van der Waals surface area contributed by atoms with Crippen molar-refractivity contribution >= 4 is 35.2 Å². The van der Waals surface area contributed by atoms with E-state index in [4.69, 9.17) is 32.5 Å². The Kier molecular flexibility index (Phi) is 6.86. The summed E-state index contributed by atoms with van der Waals surface area (Å²) in [6, 6.07) is 11.0. The second kappa shape index (κ2) is 9.97. The van der Waals surface area contributed by atoms with Crippen LogP contribution in [0.2, 0.25) is 10.2 Å². The van der Waals surface area contributed by atoms with Gasteiger partial charge in [-0.1, -0.05) is 46.6 Å². The summed E-state index contributed by atoms with van der Waals surface area (Å²) in [4.78, 5) is 20.6. The van der Waals surface area contributed by atoms with Gasteiger partial charge in [-0.05, 0) is 43.7 Å². The summed E-state index contributed by atoms with van der Waals surface area (Å²) in [6.45, 7) is 3.86. The Morgan fingerprint density at radius 3 is 2.82 bits per heavy atom. The molecule has 0 radical (unpaired) electrons. The molecule has 1 aromatic carbocycles. The zero-order chi connectivity index (χ0) is 23.4.